The van der Waals surface area contributed by atoms with Crippen molar-refractivity contribution in [2.75, 3.05) is 0 Å². The predicted octanol–water partition coefficient (Wildman–Crippen LogP) is 5.69. The van der Waals surface area contributed by atoms with Gasteiger partial charge in [0.2, 0.25) is 0 Å². The van der Waals surface area contributed by atoms with Crippen LogP contribution in [0.3, 0.4) is 0 Å². The van der Waals surface area contributed by atoms with Gasteiger partial charge in [0.1, 0.15) is 5.75 Å². The quantitative estimate of drug-likeness (QED) is 0.488. The maximum absolute atomic E-state index is 6.07. The van der Waals surface area contributed by atoms with Gasteiger partial charge >= 0.3 is 0 Å². The fourth-order valence-electron chi connectivity index (χ4n) is 2.72. The third kappa shape index (κ3) is 4.59. The first-order valence-electron chi connectivity index (χ1n) is 8.60. The van der Waals surface area contributed by atoms with Gasteiger partial charge in [-0.2, -0.15) is 0 Å². The zero-order chi connectivity index (χ0) is 18.5. The molecular formula is C20H22ClN3OS. The number of thioether (sulfide) groups is 1. The maximum Gasteiger partial charge on any atom is 0.191 e. The average molecular weight is 388 g/mol. The van der Waals surface area contributed by atoms with Crippen molar-refractivity contribution in [1.82, 2.24) is 14.8 Å². The Balaban J connectivity index is 1.72. The average Bonchev–Trinajstić information content (AvgIpc) is 3.03. The molecule has 0 amide bonds. The van der Waals surface area contributed by atoms with Crippen LogP contribution in [0.2, 0.25) is 5.02 Å². The van der Waals surface area contributed by atoms with Gasteiger partial charge in [0.05, 0.1) is 0 Å². The van der Waals surface area contributed by atoms with E-state index in [1.165, 1.54) is 11.1 Å². The fourth-order valence-corrected chi connectivity index (χ4v) is 3.89. The first-order chi connectivity index (χ1) is 12.6. The largest absolute Gasteiger partial charge is 0.483 e. The molecule has 0 saturated carbocycles. The second-order valence-electron chi connectivity index (χ2n) is 6.08. The standard InChI is InChI=1S/C20H22ClN3OS/c1-4-24-19(15(3)25-18-10-5-7-14(2)11-18)22-23-20(24)26-13-16-8-6-9-17(21)12-16/h5-12,15H,4,13H2,1-3H3. The summed E-state index contributed by atoms with van der Waals surface area (Å²) in [5.74, 6) is 2.48. The van der Waals surface area contributed by atoms with E-state index in [-0.39, 0.29) is 6.10 Å². The van der Waals surface area contributed by atoms with Gasteiger partial charge < -0.3 is 9.30 Å². The number of nitrogens with zero attached hydrogens (tertiary/aromatic N) is 3. The number of benzene rings is 2. The Labute approximate surface area is 163 Å². The third-order valence-corrected chi connectivity index (χ3v) is 5.26. The molecule has 0 bridgehead atoms. The summed E-state index contributed by atoms with van der Waals surface area (Å²) in [6.07, 6.45) is -0.176. The molecular weight excluding hydrogens is 366 g/mol. The van der Waals surface area contributed by atoms with Crippen molar-refractivity contribution in [1.29, 1.82) is 0 Å². The lowest BCUT2D eigenvalue weighted by atomic mass is 10.2. The maximum atomic E-state index is 6.07. The number of ether oxygens (including phenoxy) is 1. The first-order valence-corrected chi connectivity index (χ1v) is 9.97. The van der Waals surface area contributed by atoms with Crippen molar-refractivity contribution < 1.29 is 4.74 Å². The molecule has 0 aliphatic heterocycles. The van der Waals surface area contributed by atoms with Gasteiger partial charge in [-0.1, -0.05) is 47.6 Å². The summed E-state index contributed by atoms with van der Waals surface area (Å²) in [5, 5.41) is 10.4. The van der Waals surface area contributed by atoms with Gasteiger partial charge in [-0.15, -0.1) is 10.2 Å². The molecule has 0 radical (unpaired) electrons. The summed E-state index contributed by atoms with van der Waals surface area (Å²) in [4.78, 5) is 0. The van der Waals surface area contributed by atoms with Crippen LogP contribution in [0.15, 0.2) is 53.7 Å². The molecule has 6 heteroatoms. The summed E-state index contributed by atoms with van der Waals surface area (Å²) in [5.41, 5.74) is 2.34. The minimum Gasteiger partial charge on any atom is -0.483 e. The molecule has 0 N–H and O–H groups in total. The Hall–Kier alpha value is -1.98. The van der Waals surface area contributed by atoms with Crippen LogP contribution in [0.1, 0.15) is 36.9 Å². The Bertz CT molecular complexity index is 881. The van der Waals surface area contributed by atoms with Gasteiger partial charge in [0, 0.05) is 17.3 Å². The van der Waals surface area contributed by atoms with E-state index in [1.807, 2.05) is 43.3 Å². The highest BCUT2D eigenvalue weighted by molar-refractivity contribution is 7.98. The van der Waals surface area contributed by atoms with E-state index in [0.717, 1.165) is 34.1 Å². The lowest BCUT2D eigenvalue weighted by molar-refractivity contribution is 0.210. The lowest BCUT2D eigenvalue weighted by Gasteiger charge is -2.16. The highest BCUT2D eigenvalue weighted by Crippen LogP contribution is 2.27. The van der Waals surface area contributed by atoms with Gasteiger partial charge in [0.15, 0.2) is 17.1 Å². The van der Waals surface area contributed by atoms with Crippen LogP contribution < -0.4 is 4.74 Å². The molecule has 1 heterocycles. The van der Waals surface area contributed by atoms with Gasteiger partial charge in [-0.05, 0) is 56.2 Å². The van der Waals surface area contributed by atoms with Crippen molar-refractivity contribution in [3.05, 3.63) is 70.5 Å². The molecule has 136 valence electrons. The smallest absolute Gasteiger partial charge is 0.191 e. The van der Waals surface area contributed by atoms with Crippen molar-refractivity contribution in [2.45, 2.75) is 44.3 Å². The van der Waals surface area contributed by atoms with Gasteiger partial charge in [-0.25, -0.2) is 0 Å². The summed E-state index contributed by atoms with van der Waals surface area (Å²) < 4.78 is 8.17. The van der Waals surface area contributed by atoms with Crippen LogP contribution in [-0.2, 0) is 12.3 Å². The second kappa shape index (κ2) is 8.60. The fraction of sp³-hybridized carbons (Fsp3) is 0.300. The van der Waals surface area contributed by atoms with E-state index < -0.39 is 0 Å². The van der Waals surface area contributed by atoms with Crippen molar-refractivity contribution in [3.8, 4) is 5.75 Å². The van der Waals surface area contributed by atoms with Crippen LogP contribution in [0.25, 0.3) is 0 Å². The number of aromatic nitrogens is 3. The highest BCUT2D eigenvalue weighted by atomic mass is 35.5. The third-order valence-electron chi connectivity index (χ3n) is 3.98. The Morgan fingerprint density at radius 1 is 1.15 bits per heavy atom. The molecule has 0 spiro atoms. The van der Waals surface area contributed by atoms with E-state index in [9.17, 15) is 0 Å². The lowest BCUT2D eigenvalue weighted by Crippen LogP contribution is -2.12. The SMILES string of the molecule is CCn1c(SCc2cccc(Cl)c2)nnc1C(C)Oc1cccc(C)c1. The Morgan fingerprint density at radius 3 is 2.69 bits per heavy atom. The summed E-state index contributed by atoms with van der Waals surface area (Å²) >= 11 is 7.72. The van der Waals surface area contributed by atoms with E-state index in [0.29, 0.717) is 0 Å². The molecule has 26 heavy (non-hydrogen) atoms. The van der Waals surface area contributed by atoms with Crippen LogP contribution >= 0.6 is 23.4 Å². The monoisotopic (exact) mass is 387 g/mol. The first kappa shape index (κ1) is 18.8. The van der Waals surface area contributed by atoms with E-state index in [2.05, 4.69) is 40.7 Å². The number of rotatable bonds is 7. The molecule has 0 fully saturated rings. The van der Waals surface area contributed by atoms with E-state index in [1.54, 1.807) is 11.8 Å². The van der Waals surface area contributed by atoms with E-state index in [4.69, 9.17) is 16.3 Å². The van der Waals surface area contributed by atoms with Gasteiger partial charge in [0.25, 0.3) is 0 Å². The molecule has 1 aromatic heterocycles. The van der Waals surface area contributed by atoms with Crippen molar-refractivity contribution in [2.24, 2.45) is 0 Å². The molecule has 1 unspecified atom stereocenters. The van der Waals surface area contributed by atoms with Gasteiger partial charge in [-0.3, -0.25) is 0 Å². The zero-order valence-electron chi connectivity index (χ0n) is 15.1. The Kier molecular flexibility index (Phi) is 6.22. The normalized spacial score (nSPS) is 12.2. The molecule has 3 aromatic rings. The van der Waals surface area contributed by atoms with Crippen molar-refractivity contribution in [3.63, 3.8) is 0 Å². The number of hydrogen-bond acceptors (Lipinski definition) is 4. The topological polar surface area (TPSA) is 39.9 Å². The molecule has 2 aromatic carbocycles. The van der Waals surface area contributed by atoms with Crippen LogP contribution in [-0.4, -0.2) is 14.8 Å². The number of hydrogen-bond donors (Lipinski definition) is 0. The Morgan fingerprint density at radius 2 is 1.96 bits per heavy atom. The summed E-state index contributed by atoms with van der Waals surface area (Å²) in [6.45, 7) is 6.94. The van der Waals surface area contributed by atoms with E-state index >= 15 is 0 Å². The minimum atomic E-state index is -0.176. The molecule has 0 saturated heterocycles. The summed E-state index contributed by atoms with van der Waals surface area (Å²) in [7, 11) is 0. The number of halogens is 1. The van der Waals surface area contributed by atoms with Crippen molar-refractivity contribution >= 4 is 23.4 Å². The molecule has 1 atom stereocenters. The minimum absolute atomic E-state index is 0.176. The second-order valence-corrected chi connectivity index (χ2v) is 7.46. The zero-order valence-corrected chi connectivity index (χ0v) is 16.7. The van der Waals surface area contributed by atoms with Crippen LogP contribution in [0, 0.1) is 6.92 Å². The summed E-state index contributed by atoms with van der Waals surface area (Å²) in [6, 6.07) is 15.9. The predicted molar refractivity (Wildman–Crippen MR) is 107 cm³/mol. The molecule has 4 nitrogen and oxygen atoms in total. The molecule has 3 rings (SSSR count). The molecule has 0 aliphatic rings. The highest BCUT2D eigenvalue weighted by Gasteiger charge is 2.18. The van der Waals surface area contributed by atoms with Crippen LogP contribution in [0.4, 0.5) is 0 Å². The molecule has 0 aliphatic carbocycles. The number of aryl methyl sites for hydroxylation is 1. The van der Waals surface area contributed by atoms with Crippen LogP contribution in [0.5, 0.6) is 5.75 Å².